The van der Waals surface area contributed by atoms with Crippen molar-refractivity contribution in [3.63, 3.8) is 0 Å². The van der Waals surface area contributed by atoms with Gasteiger partial charge in [0.05, 0.1) is 5.60 Å². The molecule has 21 heavy (non-hydrogen) atoms. The fraction of sp³-hybridized carbons (Fsp3) is 1.00. The van der Waals surface area contributed by atoms with Gasteiger partial charge in [-0.1, -0.05) is 27.7 Å². The van der Waals surface area contributed by atoms with Crippen LogP contribution in [0.5, 0.6) is 0 Å². The predicted octanol–water partition coefficient (Wildman–Crippen LogP) is 4.54. The predicted molar refractivity (Wildman–Crippen MR) is 79.3 cm³/mol. The molecule has 1 rings (SSSR count). The summed E-state index contributed by atoms with van der Waals surface area (Å²) in [5, 5.41) is 3.26. The minimum atomic E-state index is -4.29. The van der Waals surface area contributed by atoms with Gasteiger partial charge < -0.3 is 10.1 Å². The monoisotopic (exact) mass is 309 g/mol. The third-order valence-electron chi connectivity index (χ3n) is 4.60. The van der Waals surface area contributed by atoms with Crippen LogP contribution in [0.15, 0.2) is 0 Å². The molecule has 2 nitrogen and oxygen atoms in total. The van der Waals surface area contributed by atoms with E-state index < -0.39 is 17.9 Å². The van der Waals surface area contributed by atoms with Gasteiger partial charge in [-0.05, 0) is 44.4 Å². The first kappa shape index (κ1) is 18.8. The maximum absolute atomic E-state index is 12.8. The lowest BCUT2D eigenvalue weighted by Crippen LogP contribution is -2.51. The maximum Gasteiger partial charge on any atom is 0.414 e. The van der Waals surface area contributed by atoms with Gasteiger partial charge in [-0.25, -0.2) is 0 Å². The van der Waals surface area contributed by atoms with E-state index >= 15 is 0 Å². The molecular weight excluding hydrogens is 279 g/mol. The van der Waals surface area contributed by atoms with Gasteiger partial charge in [-0.3, -0.25) is 0 Å². The Labute approximate surface area is 126 Å². The summed E-state index contributed by atoms with van der Waals surface area (Å²) >= 11 is 0. The molecule has 0 amide bonds. The van der Waals surface area contributed by atoms with Gasteiger partial charge in [-0.15, -0.1) is 0 Å². The van der Waals surface area contributed by atoms with E-state index in [-0.39, 0.29) is 6.04 Å². The van der Waals surface area contributed by atoms with Crippen LogP contribution in [-0.4, -0.2) is 30.5 Å². The third-order valence-corrected chi connectivity index (χ3v) is 4.60. The summed E-state index contributed by atoms with van der Waals surface area (Å²) in [4.78, 5) is 0. The number of alkyl halides is 3. The van der Waals surface area contributed by atoms with Crippen LogP contribution in [0.1, 0.15) is 60.3 Å². The molecule has 0 bridgehead atoms. The second kappa shape index (κ2) is 7.32. The Hall–Kier alpha value is -0.290. The molecule has 5 heteroatoms. The van der Waals surface area contributed by atoms with E-state index in [1.54, 1.807) is 0 Å². The van der Waals surface area contributed by atoms with Crippen molar-refractivity contribution in [1.29, 1.82) is 0 Å². The fourth-order valence-corrected chi connectivity index (χ4v) is 3.00. The van der Waals surface area contributed by atoms with E-state index in [0.29, 0.717) is 31.2 Å². The molecule has 0 saturated heterocycles. The number of hydrogen-bond acceptors (Lipinski definition) is 2. The zero-order valence-electron chi connectivity index (χ0n) is 13.9. The van der Waals surface area contributed by atoms with Crippen LogP contribution in [0.25, 0.3) is 0 Å². The van der Waals surface area contributed by atoms with Gasteiger partial charge in [0.25, 0.3) is 0 Å². The average Bonchev–Trinajstić information content (AvgIpc) is 2.36. The first-order chi connectivity index (χ1) is 9.56. The van der Waals surface area contributed by atoms with Crippen molar-refractivity contribution in [3.8, 4) is 0 Å². The van der Waals surface area contributed by atoms with Crippen LogP contribution in [0.2, 0.25) is 0 Å². The van der Waals surface area contributed by atoms with Crippen LogP contribution in [0, 0.1) is 11.8 Å². The summed E-state index contributed by atoms with van der Waals surface area (Å²) in [6.45, 7) is 9.98. The summed E-state index contributed by atoms with van der Waals surface area (Å²) in [6.07, 6.45) is -2.70. The molecule has 0 aliphatic heterocycles. The van der Waals surface area contributed by atoms with E-state index in [4.69, 9.17) is 4.74 Å². The number of rotatable bonds is 6. The lowest BCUT2D eigenvalue weighted by atomic mass is 9.74. The number of halogens is 3. The minimum absolute atomic E-state index is 0.245. The molecule has 0 aromatic rings. The molecule has 0 radical (unpaired) electrons. The first-order valence-corrected chi connectivity index (χ1v) is 8.03. The van der Waals surface area contributed by atoms with Gasteiger partial charge in [-0.2, -0.15) is 13.2 Å². The van der Waals surface area contributed by atoms with Crippen LogP contribution in [0.4, 0.5) is 13.2 Å². The summed E-state index contributed by atoms with van der Waals surface area (Å²) < 4.78 is 44.0. The molecule has 0 spiro atoms. The second-order valence-corrected chi connectivity index (χ2v) is 7.10. The topological polar surface area (TPSA) is 21.3 Å². The molecule has 1 atom stereocenters. The van der Waals surface area contributed by atoms with Gasteiger partial charge in [0.1, 0.15) is 0 Å². The van der Waals surface area contributed by atoms with E-state index in [1.807, 2.05) is 13.8 Å². The normalized spacial score (nSPS) is 29.1. The highest BCUT2D eigenvalue weighted by atomic mass is 19.4. The SMILES string of the molecule is CC(C)NCC1(OC(C)C(F)(F)F)CCC(C(C)C)CC1. The minimum Gasteiger partial charge on any atom is -0.361 e. The maximum atomic E-state index is 12.8. The molecule has 0 aromatic heterocycles. The summed E-state index contributed by atoms with van der Waals surface area (Å²) in [6, 6.07) is 0.245. The van der Waals surface area contributed by atoms with Crippen molar-refractivity contribution in [2.45, 2.75) is 84.2 Å². The largest absolute Gasteiger partial charge is 0.414 e. The van der Waals surface area contributed by atoms with Crippen molar-refractivity contribution < 1.29 is 17.9 Å². The molecule has 1 aliphatic carbocycles. The smallest absolute Gasteiger partial charge is 0.361 e. The molecule has 1 fully saturated rings. The van der Waals surface area contributed by atoms with Crippen molar-refractivity contribution in [3.05, 3.63) is 0 Å². The zero-order chi connectivity index (χ0) is 16.3. The third kappa shape index (κ3) is 5.78. The van der Waals surface area contributed by atoms with Crippen molar-refractivity contribution in [2.24, 2.45) is 11.8 Å². The van der Waals surface area contributed by atoms with Crippen LogP contribution in [0.3, 0.4) is 0 Å². The summed E-state index contributed by atoms with van der Waals surface area (Å²) in [7, 11) is 0. The van der Waals surface area contributed by atoms with Crippen LogP contribution < -0.4 is 5.32 Å². The van der Waals surface area contributed by atoms with E-state index in [1.165, 1.54) is 0 Å². The van der Waals surface area contributed by atoms with Gasteiger partial charge >= 0.3 is 6.18 Å². The number of nitrogens with one attached hydrogen (secondary N) is 1. The van der Waals surface area contributed by atoms with E-state index in [0.717, 1.165) is 19.8 Å². The fourth-order valence-electron chi connectivity index (χ4n) is 3.00. The molecule has 1 saturated carbocycles. The molecule has 1 aliphatic rings. The highest BCUT2D eigenvalue weighted by Crippen LogP contribution is 2.40. The lowest BCUT2D eigenvalue weighted by molar-refractivity contribution is -0.253. The Kier molecular flexibility index (Phi) is 6.54. The highest BCUT2D eigenvalue weighted by Gasteiger charge is 2.45. The van der Waals surface area contributed by atoms with E-state index in [2.05, 4.69) is 19.2 Å². The number of hydrogen-bond donors (Lipinski definition) is 1. The Balaban J connectivity index is 2.73. The second-order valence-electron chi connectivity index (χ2n) is 7.10. The van der Waals surface area contributed by atoms with Crippen molar-refractivity contribution in [1.82, 2.24) is 5.32 Å². The number of ether oxygens (including phenoxy) is 1. The van der Waals surface area contributed by atoms with Gasteiger partial charge in [0.15, 0.2) is 6.10 Å². The highest BCUT2D eigenvalue weighted by molar-refractivity contribution is 4.91. The standard InChI is InChI=1S/C16H30F3NO/c1-11(2)14-6-8-15(9-7-14,10-20-12(3)4)21-13(5)16(17,18)19/h11-14,20H,6-10H2,1-5H3. The lowest BCUT2D eigenvalue weighted by Gasteiger charge is -2.43. The summed E-state index contributed by atoms with van der Waals surface area (Å²) in [5.41, 5.74) is -0.676. The Morgan fingerprint density at radius 1 is 1.10 bits per heavy atom. The first-order valence-electron chi connectivity index (χ1n) is 8.03. The Morgan fingerprint density at radius 2 is 1.62 bits per heavy atom. The van der Waals surface area contributed by atoms with E-state index in [9.17, 15) is 13.2 Å². The molecule has 1 unspecified atom stereocenters. The van der Waals surface area contributed by atoms with Crippen LogP contribution in [-0.2, 0) is 4.74 Å². The molecule has 126 valence electrons. The molecule has 1 N–H and O–H groups in total. The van der Waals surface area contributed by atoms with Crippen LogP contribution >= 0.6 is 0 Å². The molecular formula is C16H30F3NO. The quantitative estimate of drug-likeness (QED) is 0.778. The van der Waals surface area contributed by atoms with Crippen molar-refractivity contribution in [2.75, 3.05) is 6.54 Å². The average molecular weight is 309 g/mol. The Morgan fingerprint density at radius 3 is 2.00 bits per heavy atom. The van der Waals surface area contributed by atoms with Gasteiger partial charge in [0.2, 0.25) is 0 Å². The summed E-state index contributed by atoms with van der Waals surface area (Å²) in [5.74, 6) is 1.18. The molecule has 0 aromatic carbocycles. The van der Waals surface area contributed by atoms with Gasteiger partial charge in [0, 0.05) is 12.6 Å². The molecule has 0 heterocycles. The zero-order valence-corrected chi connectivity index (χ0v) is 13.9. The Bertz CT molecular complexity index is 307. The van der Waals surface area contributed by atoms with Crippen molar-refractivity contribution >= 4 is 0 Å².